The van der Waals surface area contributed by atoms with Gasteiger partial charge in [-0.3, -0.25) is 69.8 Å². The Morgan fingerprint density at radius 2 is 0.714 bits per heavy atom. The number of nitrogens with one attached hydrogen (secondary N) is 3. The van der Waals surface area contributed by atoms with Crippen molar-refractivity contribution in [2.45, 2.75) is 155 Å². The third-order valence-corrected chi connectivity index (χ3v) is 12.4. The van der Waals surface area contributed by atoms with Crippen LogP contribution in [0.4, 0.5) is 0 Å². The van der Waals surface area contributed by atoms with E-state index in [-0.39, 0.29) is 288 Å². The van der Waals surface area contributed by atoms with E-state index in [2.05, 4.69) is 48.8 Å². The molecule has 98 heavy (non-hydrogen) atoms. The maximum Gasteiger partial charge on any atom is 1.00 e. The summed E-state index contributed by atoms with van der Waals surface area (Å²) in [5.74, 6) is -9.71. The van der Waals surface area contributed by atoms with Gasteiger partial charge in [0.05, 0.1) is 18.6 Å². The molecule has 0 spiro atoms. The fourth-order valence-electron chi connectivity index (χ4n) is 5.00. The van der Waals surface area contributed by atoms with Crippen LogP contribution in [-0.4, -0.2) is 182 Å². The van der Waals surface area contributed by atoms with Crippen molar-refractivity contribution in [3.05, 3.63) is 62.3 Å². The van der Waals surface area contributed by atoms with E-state index in [1.54, 1.807) is 135 Å². The number of carbonyl (C=O) groups is 10. The van der Waals surface area contributed by atoms with E-state index in [0.29, 0.717) is 12.0 Å². The topological polar surface area (TPSA) is 507 Å². The van der Waals surface area contributed by atoms with E-state index in [0.717, 1.165) is 18.2 Å². The summed E-state index contributed by atoms with van der Waals surface area (Å²) in [5, 5.41) is 7.77. The van der Waals surface area contributed by atoms with Crippen LogP contribution in [0.1, 0.15) is 124 Å². The summed E-state index contributed by atoms with van der Waals surface area (Å²) in [7, 11) is 0. The molecule has 0 aliphatic rings. The molecule has 15 atom stereocenters. The normalized spacial score (nSPS) is 13.6. The molecule has 15 unspecified atom stereocenters. The molecule has 0 heterocycles. The van der Waals surface area contributed by atoms with E-state index < -0.39 is 119 Å². The molecular formula is C63H99K3Li2N3O27-5. The van der Waals surface area contributed by atoms with Gasteiger partial charge in [0.2, 0.25) is 17.7 Å². The predicted octanol–water partition coefficient (Wildman–Crippen LogP) is -10.8. The average Bonchev–Trinajstić information content (AvgIpc) is 1.22. The van der Waals surface area contributed by atoms with Crippen LogP contribution in [0, 0.1) is 59.2 Å². The Morgan fingerprint density at radius 1 is 0.408 bits per heavy atom. The van der Waals surface area contributed by atoms with Gasteiger partial charge in [-0.25, -0.2) is 9.59 Å². The summed E-state index contributed by atoms with van der Waals surface area (Å²) in [6.07, 6.45) is 11.1. The first-order chi connectivity index (χ1) is 40.9. The van der Waals surface area contributed by atoms with Gasteiger partial charge in [-0.2, -0.15) is 0 Å². The quantitative estimate of drug-likeness (QED) is 0.0172. The van der Waals surface area contributed by atoms with Crippen LogP contribution in [0.2, 0.25) is 0 Å². The van der Waals surface area contributed by atoms with Crippen LogP contribution >= 0.6 is 0 Å². The molecule has 0 saturated heterocycles. The number of hydrogen-bond acceptors (Lipinski definition) is 27. The molecule has 0 fully saturated rings. The number of rotatable bonds is 36. The molecule has 0 aromatic rings. The Morgan fingerprint density at radius 3 is 1.02 bits per heavy atom. The number of esters is 7. The second-order valence-corrected chi connectivity index (χ2v) is 20.6. The van der Waals surface area contributed by atoms with Crippen molar-refractivity contribution in [2.24, 2.45) is 59.2 Å². The molecule has 0 bridgehead atoms. The van der Waals surface area contributed by atoms with Crippen molar-refractivity contribution in [2.75, 3.05) is 33.0 Å². The van der Waals surface area contributed by atoms with Crippen molar-refractivity contribution in [1.82, 2.24) is 16.0 Å². The van der Waals surface area contributed by atoms with Crippen LogP contribution in [0.3, 0.4) is 0 Å². The zero-order valence-corrected chi connectivity index (χ0v) is 70.8. The fraction of sp³-hybridized carbons (Fsp3) is 0.603. The third kappa shape index (κ3) is 68.1. The maximum absolute atomic E-state index is 11.6. The summed E-state index contributed by atoms with van der Waals surface area (Å²) in [5.41, 5.74) is 0.677. The number of ether oxygens (including phenoxy) is 7. The number of amides is 3. The van der Waals surface area contributed by atoms with Gasteiger partial charge in [0.1, 0.15) is 44.7 Å². The summed E-state index contributed by atoms with van der Waals surface area (Å²) in [6.45, 7) is 44.6. The van der Waals surface area contributed by atoms with Crippen molar-refractivity contribution >= 4 is 90.9 Å². The first kappa shape index (κ1) is 132. The molecule has 30 nitrogen and oxygen atoms in total. The fourth-order valence-corrected chi connectivity index (χ4v) is 5.00. The van der Waals surface area contributed by atoms with Gasteiger partial charge in [0.15, 0.2) is 0 Å². The van der Waals surface area contributed by atoms with Gasteiger partial charge >= 0.3 is 234 Å². The van der Waals surface area contributed by atoms with Gasteiger partial charge in [-0.15, -0.1) is 29.6 Å². The molecule has 8 N–H and O–H groups in total. The number of carbonyl (C=O) groups excluding carboxylic acids is 15. The Kier molecular flexibility index (Phi) is 106. The molecule has 0 aromatic carbocycles. The minimum atomic E-state index is -0.574. The van der Waals surface area contributed by atoms with Gasteiger partial charge in [-0.05, 0) is 60.1 Å². The zero-order chi connectivity index (χ0) is 69.6. The standard InChI is InChI=1S/2C13H20NO4.C13H19O5.C12H18NO4.C12H17O5.3K.2Li.5H2O/c1-8(2)12(16)14-10(4)7-18-13(17)11(5)9(3)6-15;1-5-11(14-12(16)6-2)8-18-13(17)10(4)9(3)7-15;1-8(2)12(15)18-10(4)7-17-13(16)11(5)9(3)6-14;1-5-11(15)13-6-9(3)17-12(16)10(4)8(2)7-14;1-5-11(14)16-7-9(3)17-12(15)10(4)8(2)6-13;;;;;;;;;;/h9-11H,1,7H2,2-5H3,(H,14,16);6,9-11H,2,5,8H2,1,3-4H3,(H,14,16);9-11H,1,7H2,2-5H3;5,8-10H,1,6H2,2-4H3,(H,13,15);5,8-10H,1,7H2,2-4H3;;;;;;5*1H2/q5*-1;5*+1;;;;;/p-5. The largest absolute Gasteiger partial charge is 1.00 e. The van der Waals surface area contributed by atoms with Crippen LogP contribution in [-0.2, 0) is 105 Å². The maximum atomic E-state index is 11.6. The molecule has 0 aromatic heterocycles. The summed E-state index contributed by atoms with van der Waals surface area (Å²) in [6, 6.07) is -0.553. The van der Waals surface area contributed by atoms with E-state index in [1.807, 2.05) is 6.92 Å². The van der Waals surface area contributed by atoms with Crippen molar-refractivity contribution in [3.8, 4) is 0 Å². The smallest absolute Gasteiger partial charge is 0.870 e. The van der Waals surface area contributed by atoms with Crippen molar-refractivity contribution in [3.63, 3.8) is 0 Å². The molecule has 0 radical (unpaired) electrons. The number of hydrogen-bond donors (Lipinski definition) is 3. The van der Waals surface area contributed by atoms with Crippen LogP contribution < -0.4 is 208 Å². The van der Waals surface area contributed by atoms with Crippen molar-refractivity contribution < 1.29 is 324 Å². The van der Waals surface area contributed by atoms with Crippen LogP contribution in [0.25, 0.3) is 0 Å². The Labute approximate surface area is 730 Å². The van der Waals surface area contributed by atoms with Crippen LogP contribution in [0.5, 0.6) is 0 Å². The second kappa shape index (κ2) is 78.8. The molecule has 0 aliphatic carbocycles. The van der Waals surface area contributed by atoms with Gasteiger partial charge < -0.3 is 100 Å². The summed E-state index contributed by atoms with van der Waals surface area (Å²) >= 11 is 0. The van der Waals surface area contributed by atoms with E-state index in [1.165, 1.54) is 6.92 Å². The summed E-state index contributed by atoms with van der Waals surface area (Å²) in [4.78, 5) is 165. The van der Waals surface area contributed by atoms with E-state index in [4.69, 9.17) is 33.2 Å². The van der Waals surface area contributed by atoms with E-state index in [9.17, 15) is 71.9 Å². The Balaban J connectivity index is -0.0000000659. The Hall–Kier alpha value is -2.35. The first-order valence-electron chi connectivity index (χ1n) is 28.1. The van der Waals surface area contributed by atoms with Gasteiger partial charge in [-0.1, -0.05) is 109 Å². The molecule has 35 heteroatoms. The second-order valence-electron chi connectivity index (χ2n) is 20.6. The average molecular weight is 1460 g/mol. The SMILES string of the molecule is C=C(C)C(=O)NC(C)COC(=O)C(C)C(C)[C-]=O.C=C(C)C(=O)OC(C)COC(=O)C(C)C(C)[C-]=O.C=CC(=O)NC(CC)COC(=O)C(C)C(C)[C-]=O.C=CC(=O)NCC(C)OC(=O)C(C)C(C)[C-]=O.C=CC(=O)OCC(C)OC(=O)C(C)C(C)[C-]=O.[K+].[K+].[K+].[Li+].[Li+].[OH-].[OH-].[OH-].[OH-].[OH-]. The molecule has 538 valence electrons. The molecular weight excluding hydrogens is 1360 g/mol. The van der Waals surface area contributed by atoms with E-state index >= 15 is 0 Å². The molecule has 0 aliphatic heterocycles. The van der Waals surface area contributed by atoms with Crippen molar-refractivity contribution in [1.29, 1.82) is 0 Å². The molecule has 3 amide bonds. The minimum Gasteiger partial charge on any atom is -0.870 e. The molecule has 0 rings (SSSR count). The third-order valence-electron chi connectivity index (χ3n) is 12.4. The van der Waals surface area contributed by atoms with Crippen LogP contribution in [0.15, 0.2) is 62.3 Å². The van der Waals surface area contributed by atoms with Gasteiger partial charge in [0.25, 0.3) is 0 Å². The summed E-state index contributed by atoms with van der Waals surface area (Å²) < 4.78 is 34.7. The minimum absolute atomic E-state index is 0. The Bertz CT molecular complexity index is 2230. The van der Waals surface area contributed by atoms with Gasteiger partial charge in [0, 0.05) is 46.8 Å². The zero-order valence-electron chi connectivity index (χ0n) is 61.4. The monoisotopic (exact) mass is 1460 g/mol. The predicted molar refractivity (Wildman–Crippen MR) is 333 cm³/mol. The first-order valence-corrected chi connectivity index (χ1v) is 28.1. The molecule has 0 saturated carbocycles.